The second-order valence-corrected chi connectivity index (χ2v) is 6.28. The van der Waals surface area contributed by atoms with E-state index < -0.39 is 0 Å². The van der Waals surface area contributed by atoms with Gasteiger partial charge in [-0.2, -0.15) is 0 Å². The third-order valence-electron chi connectivity index (χ3n) is 3.30. The summed E-state index contributed by atoms with van der Waals surface area (Å²) in [5.41, 5.74) is 10.4. The molecule has 0 spiro atoms. The van der Waals surface area contributed by atoms with Crippen molar-refractivity contribution in [3.05, 3.63) is 35.5 Å². The van der Waals surface area contributed by atoms with Crippen molar-refractivity contribution >= 4 is 16.6 Å². The molecule has 2 rings (SSSR count). The second-order valence-electron chi connectivity index (χ2n) is 6.28. The normalized spacial score (nSPS) is 12.3. The summed E-state index contributed by atoms with van der Waals surface area (Å²) in [6.45, 7) is 10.8. The fourth-order valence-corrected chi connectivity index (χ4v) is 2.01. The molecular weight excluding hydrogens is 220 g/mol. The SMILES string of the molecule is CC(C)c1ccc2nc(C(C)(C)C)cc(N)c2c1. The van der Waals surface area contributed by atoms with Gasteiger partial charge in [0, 0.05) is 22.2 Å². The van der Waals surface area contributed by atoms with E-state index in [4.69, 9.17) is 10.7 Å². The van der Waals surface area contributed by atoms with Crippen LogP contribution >= 0.6 is 0 Å². The van der Waals surface area contributed by atoms with Crippen molar-refractivity contribution in [3.63, 3.8) is 0 Å². The average Bonchev–Trinajstić information content (AvgIpc) is 2.27. The highest BCUT2D eigenvalue weighted by molar-refractivity contribution is 5.91. The number of nitrogen functional groups attached to an aromatic ring is 1. The van der Waals surface area contributed by atoms with Crippen molar-refractivity contribution in [1.29, 1.82) is 0 Å². The van der Waals surface area contributed by atoms with Crippen LogP contribution in [0.1, 0.15) is 51.8 Å². The van der Waals surface area contributed by atoms with Crippen LogP contribution in [0.5, 0.6) is 0 Å². The van der Waals surface area contributed by atoms with Crippen LogP contribution in [0.15, 0.2) is 24.3 Å². The van der Waals surface area contributed by atoms with Crippen molar-refractivity contribution in [2.24, 2.45) is 0 Å². The van der Waals surface area contributed by atoms with E-state index in [2.05, 4.69) is 52.8 Å². The molecule has 0 aliphatic carbocycles. The van der Waals surface area contributed by atoms with Gasteiger partial charge in [-0.25, -0.2) is 0 Å². The Hall–Kier alpha value is -1.57. The first-order chi connectivity index (χ1) is 8.29. The maximum Gasteiger partial charge on any atom is 0.0726 e. The standard InChI is InChI=1S/C16H22N2/c1-10(2)11-6-7-14-12(8-11)13(17)9-15(18-14)16(3,4)5/h6-10H,1-5H3,(H2,17,18). The second kappa shape index (κ2) is 4.27. The van der Waals surface area contributed by atoms with E-state index in [1.54, 1.807) is 0 Å². The van der Waals surface area contributed by atoms with Gasteiger partial charge in [0.25, 0.3) is 0 Å². The van der Waals surface area contributed by atoms with Gasteiger partial charge < -0.3 is 5.73 Å². The zero-order valence-electron chi connectivity index (χ0n) is 11.9. The van der Waals surface area contributed by atoms with Crippen LogP contribution in [0, 0.1) is 0 Å². The zero-order chi connectivity index (χ0) is 13.5. The van der Waals surface area contributed by atoms with Gasteiger partial charge in [0.05, 0.1) is 5.52 Å². The molecule has 2 nitrogen and oxygen atoms in total. The van der Waals surface area contributed by atoms with Crippen molar-refractivity contribution in [2.45, 2.75) is 46.0 Å². The molecule has 0 aliphatic rings. The molecule has 0 saturated carbocycles. The highest BCUT2D eigenvalue weighted by Gasteiger charge is 2.17. The van der Waals surface area contributed by atoms with E-state index in [1.807, 2.05) is 6.07 Å². The number of benzene rings is 1. The Morgan fingerprint density at radius 2 is 1.78 bits per heavy atom. The van der Waals surface area contributed by atoms with Crippen molar-refractivity contribution < 1.29 is 0 Å². The molecule has 2 N–H and O–H groups in total. The lowest BCUT2D eigenvalue weighted by molar-refractivity contribution is 0.572. The van der Waals surface area contributed by atoms with Gasteiger partial charge in [0.15, 0.2) is 0 Å². The molecule has 1 heterocycles. The molecule has 0 atom stereocenters. The first-order valence-electron chi connectivity index (χ1n) is 6.49. The molecule has 2 aromatic rings. The van der Waals surface area contributed by atoms with E-state index in [-0.39, 0.29) is 5.41 Å². The van der Waals surface area contributed by atoms with Gasteiger partial charge in [-0.3, -0.25) is 4.98 Å². The molecule has 0 saturated heterocycles. The molecule has 96 valence electrons. The lowest BCUT2D eigenvalue weighted by atomic mass is 9.90. The Labute approximate surface area is 109 Å². The summed E-state index contributed by atoms with van der Waals surface area (Å²) in [5, 5.41) is 1.06. The monoisotopic (exact) mass is 242 g/mol. The third kappa shape index (κ3) is 2.33. The number of hydrogen-bond donors (Lipinski definition) is 1. The number of hydrogen-bond acceptors (Lipinski definition) is 2. The Morgan fingerprint density at radius 3 is 2.33 bits per heavy atom. The molecule has 1 aromatic carbocycles. The van der Waals surface area contributed by atoms with Crippen LogP contribution in [0.4, 0.5) is 5.69 Å². The maximum atomic E-state index is 6.18. The highest BCUT2D eigenvalue weighted by atomic mass is 14.7. The molecule has 0 amide bonds. The topological polar surface area (TPSA) is 38.9 Å². The molecule has 2 heteroatoms. The van der Waals surface area contributed by atoms with Crippen molar-refractivity contribution in [1.82, 2.24) is 4.98 Å². The van der Waals surface area contributed by atoms with Gasteiger partial charge in [0.1, 0.15) is 0 Å². The molecule has 0 bridgehead atoms. The summed E-state index contributed by atoms with van der Waals surface area (Å²) in [5.74, 6) is 0.510. The molecule has 18 heavy (non-hydrogen) atoms. The van der Waals surface area contributed by atoms with E-state index >= 15 is 0 Å². The quantitative estimate of drug-likeness (QED) is 0.812. The minimum absolute atomic E-state index is 0.0268. The number of rotatable bonds is 1. The fraction of sp³-hybridized carbons (Fsp3) is 0.438. The van der Waals surface area contributed by atoms with Crippen LogP contribution in [-0.4, -0.2) is 4.98 Å². The summed E-state index contributed by atoms with van der Waals surface area (Å²) >= 11 is 0. The van der Waals surface area contributed by atoms with Crippen molar-refractivity contribution in [2.75, 3.05) is 5.73 Å². The van der Waals surface area contributed by atoms with Gasteiger partial charge in [-0.05, 0) is 29.7 Å². The molecule has 0 radical (unpaired) electrons. The molecule has 0 fully saturated rings. The Bertz CT molecular complexity index is 577. The van der Waals surface area contributed by atoms with Gasteiger partial charge in [-0.15, -0.1) is 0 Å². The lowest BCUT2D eigenvalue weighted by Gasteiger charge is -2.19. The summed E-state index contributed by atoms with van der Waals surface area (Å²) in [6, 6.07) is 8.39. The number of nitrogens with two attached hydrogens (primary N) is 1. The molecule has 1 aromatic heterocycles. The highest BCUT2D eigenvalue weighted by Crippen LogP contribution is 2.29. The third-order valence-corrected chi connectivity index (χ3v) is 3.30. The Morgan fingerprint density at radius 1 is 1.11 bits per heavy atom. The zero-order valence-corrected chi connectivity index (χ0v) is 11.9. The minimum Gasteiger partial charge on any atom is -0.398 e. The molecular formula is C16H22N2. The maximum absolute atomic E-state index is 6.18. The number of nitrogens with zero attached hydrogens (tertiary/aromatic N) is 1. The van der Waals surface area contributed by atoms with Crippen LogP contribution in [0.2, 0.25) is 0 Å². The largest absolute Gasteiger partial charge is 0.398 e. The van der Waals surface area contributed by atoms with E-state index in [1.165, 1.54) is 5.56 Å². The summed E-state index contributed by atoms with van der Waals surface area (Å²) in [4.78, 5) is 4.73. The fourth-order valence-electron chi connectivity index (χ4n) is 2.01. The van der Waals surface area contributed by atoms with Gasteiger partial charge in [-0.1, -0.05) is 40.7 Å². The molecule has 0 aliphatic heterocycles. The summed E-state index contributed by atoms with van der Waals surface area (Å²) < 4.78 is 0. The number of fused-ring (bicyclic) bond motifs is 1. The van der Waals surface area contributed by atoms with E-state index in [0.717, 1.165) is 22.3 Å². The summed E-state index contributed by atoms with van der Waals surface area (Å²) in [6.07, 6.45) is 0. The van der Waals surface area contributed by atoms with Crippen LogP contribution < -0.4 is 5.73 Å². The van der Waals surface area contributed by atoms with Crippen molar-refractivity contribution in [3.8, 4) is 0 Å². The lowest BCUT2D eigenvalue weighted by Crippen LogP contribution is -2.14. The predicted octanol–water partition coefficient (Wildman–Crippen LogP) is 4.24. The summed E-state index contributed by atoms with van der Waals surface area (Å²) in [7, 11) is 0. The Balaban J connectivity index is 2.66. The van der Waals surface area contributed by atoms with Gasteiger partial charge >= 0.3 is 0 Å². The Kier molecular flexibility index (Phi) is 3.05. The number of anilines is 1. The van der Waals surface area contributed by atoms with Gasteiger partial charge in [0.2, 0.25) is 0 Å². The van der Waals surface area contributed by atoms with Crippen LogP contribution in [-0.2, 0) is 5.41 Å². The van der Waals surface area contributed by atoms with Crippen LogP contribution in [0.3, 0.4) is 0 Å². The number of pyridine rings is 1. The van der Waals surface area contributed by atoms with Crippen LogP contribution in [0.25, 0.3) is 10.9 Å². The minimum atomic E-state index is 0.0268. The molecule has 0 unspecified atom stereocenters. The van der Waals surface area contributed by atoms with E-state index in [0.29, 0.717) is 5.92 Å². The smallest absolute Gasteiger partial charge is 0.0726 e. The first-order valence-corrected chi connectivity index (χ1v) is 6.49. The average molecular weight is 242 g/mol. The first kappa shape index (κ1) is 12.9. The van der Waals surface area contributed by atoms with E-state index in [9.17, 15) is 0 Å². The predicted molar refractivity (Wildman–Crippen MR) is 78.9 cm³/mol. The number of aromatic nitrogens is 1.